The molecule has 1 aliphatic heterocycles. The highest BCUT2D eigenvalue weighted by Gasteiger charge is 2.23. The van der Waals surface area contributed by atoms with Crippen LogP contribution in [0.5, 0.6) is 0 Å². The predicted octanol–water partition coefficient (Wildman–Crippen LogP) is 2.97. The average molecular weight is 285 g/mol. The van der Waals surface area contributed by atoms with Gasteiger partial charge in [-0.3, -0.25) is 4.40 Å². The van der Waals surface area contributed by atoms with Gasteiger partial charge in [-0.25, -0.2) is 4.98 Å². The lowest BCUT2D eigenvalue weighted by Gasteiger charge is -2.30. The fourth-order valence-corrected chi connectivity index (χ4v) is 3.67. The van der Waals surface area contributed by atoms with Gasteiger partial charge >= 0.3 is 0 Å². The molecule has 0 aliphatic carbocycles. The second kappa shape index (κ2) is 4.61. The van der Waals surface area contributed by atoms with Crippen molar-refractivity contribution in [2.75, 3.05) is 11.4 Å². The number of anilines is 2. The highest BCUT2D eigenvalue weighted by atomic mass is 32.1. The molecule has 4 nitrogen and oxygen atoms in total. The maximum absolute atomic E-state index is 9.72. The first-order valence-electron chi connectivity index (χ1n) is 6.79. The van der Waals surface area contributed by atoms with Gasteiger partial charge in [0.1, 0.15) is 0 Å². The van der Waals surface area contributed by atoms with E-state index in [9.17, 15) is 5.11 Å². The number of nitrogens with zero attached hydrogens (tertiary/aromatic N) is 3. The molecule has 0 saturated heterocycles. The SMILES string of the molecule is OCc1c(N2CCCc3ccccc32)nc2sccn12. The summed E-state index contributed by atoms with van der Waals surface area (Å²) in [6.45, 7) is 0.959. The minimum atomic E-state index is 0.00585. The second-order valence-electron chi connectivity index (χ2n) is 4.98. The first kappa shape index (κ1) is 11.9. The van der Waals surface area contributed by atoms with Crippen LogP contribution in [0.4, 0.5) is 11.5 Å². The number of aryl methyl sites for hydroxylation is 1. The number of imidazole rings is 1. The molecular formula is C15H15N3OS. The number of para-hydroxylation sites is 1. The van der Waals surface area contributed by atoms with Crippen LogP contribution in [0.25, 0.3) is 4.96 Å². The van der Waals surface area contributed by atoms with Crippen LogP contribution in [0.15, 0.2) is 35.8 Å². The van der Waals surface area contributed by atoms with Gasteiger partial charge in [0.25, 0.3) is 0 Å². The van der Waals surface area contributed by atoms with E-state index in [2.05, 4.69) is 29.2 Å². The molecule has 0 unspecified atom stereocenters. The van der Waals surface area contributed by atoms with Crippen LogP contribution in [0.3, 0.4) is 0 Å². The van der Waals surface area contributed by atoms with E-state index in [1.54, 1.807) is 11.3 Å². The van der Waals surface area contributed by atoms with Crippen molar-refractivity contribution in [3.8, 4) is 0 Å². The smallest absolute Gasteiger partial charge is 0.195 e. The van der Waals surface area contributed by atoms with Crippen LogP contribution in [-0.2, 0) is 13.0 Å². The minimum Gasteiger partial charge on any atom is -0.390 e. The van der Waals surface area contributed by atoms with Crippen molar-refractivity contribution in [3.05, 3.63) is 47.1 Å². The normalized spacial score (nSPS) is 14.8. The van der Waals surface area contributed by atoms with Crippen molar-refractivity contribution >= 4 is 27.8 Å². The number of aromatic nitrogens is 2. The first-order valence-corrected chi connectivity index (χ1v) is 7.67. The highest BCUT2D eigenvalue weighted by Crippen LogP contribution is 2.35. The molecule has 2 aromatic heterocycles. The summed E-state index contributed by atoms with van der Waals surface area (Å²) in [6, 6.07) is 8.47. The van der Waals surface area contributed by atoms with Crippen LogP contribution in [0.1, 0.15) is 17.7 Å². The highest BCUT2D eigenvalue weighted by molar-refractivity contribution is 7.15. The molecule has 0 radical (unpaired) electrons. The van der Waals surface area contributed by atoms with E-state index in [0.29, 0.717) is 0 Å². The summed E-state index contributed by atoms with van der Waals surface area (Å²) < 4.78 is 1.98. The number of benzene rings is 1. The number of hydrogen-bond donors (Lipinski definition) is 1. The summed E-state index contributed by atoms with van der Waals surface area (Å²) in [5.41, 5.74) is 3.45. The lowest BCUT2D eigenvalue weighted by molar-refractivity contribution is 0.276. The van der Waals surface area contributed by atoms with E-state index in [0.717, 1.165) is 35.9 Å². The van der Waals surface area contributed by atoms with E-state index in [-0.39, 0.29) is 6.61 Å². The first-order chi connectivity index (χ1) is 9.88. The Labute approximate surface area is 120 Å². The van der Waals surface area contributed by atoms with Gasteiger partial charge in [-0.2, -0.15) is 0 Å². The zero-order valence-electron chi connectivity index (χ0n) is 11.0. The maximum Gasteiger partial charge on any atom is 0.195 e. The van der Waals surface area contributed by atoms with Gasteiger partial charge in [-0.1, -0.05) is 18.2 Å². The van der Waals surface area contributed by atoms with Crippen LogP contribution in [0, 0.1) is 0 Å². The molecule has 1 aliphatic rings. The number of fused-ring (bicyclic) bond motifs is 2. The summed E-state index contributed by atoms with van der Waals surface area (Å²) in [4.78, 5) is 7.89. The van der Waals surface area contributed by atoms with Crippen molar-refractivity contribution < 1.29 is 5.11 Å². The maximum atomic E-state index is 9.72. The van der Waals surface area contributed by atoms with Crippen molar-refractivity contribution in [2.24, 2.45) is 0 Å². The molecule has 3 aromatic rings. The molecule has 4 rings (SSSR count). The predicted molar refractivity (Wildman–Crippen MR) is 80.8 cm³/mol. The summed E-state index contributed by atoms with van der Waals surface area (Å²) in [6.07, 6.45) is 4.20. The van der Waals surface area contributed by atoms with Gasteiger partial charge in [0.2, 0.25) is 0 Å². The Morgan fingerprint density at radius 1 is 1.30 bits per heavy atom. The third-order valence-corrected chi connectivity index (χ3v) is 4.61. The van der Waals surface area contributed by atoms with E-state index in [1.807, 2.05) is 16.0 Å². The molecule has 20 heavy (non-hydrogen) atoms. The van der Waals surface area contributed by atoms with Crippen LogP contribution in [-0.4, -0.2) is 21.0 Å². The molecule has 0 bridgehead atoms. The van der Waals surface area contributed by atoms with E-state index < -0.39 is 0 Å². The minimum absolute atomic E-state index is 0.00585. The Morgan fingerprint density at radius 3 is 3.10 bits per heavy atom. The molecular weight excluding hydrogens is 270 g/mol. The van der Waals surface area contributed by atoms with Crippen molar-refractivity contribution in [2.45, 2.75) is 19.4 Å². The summed E-state index contributed by atoms with van der Waals surface area (Å²) in [5.74, 6) is 0.895. The van der Waals surface area contributed by atoms with Crippen molar-refractivity contribution in [1.29, 1.82) is 0 Å². The number of aliphatic hydroxyl groups is 1. The molecule has 0 spiro atoms. The second-order valence-corrected chi connectivity index (χ2v) is 5.85. The summed E-state index contributed by atoms with van der Waals surface area (Å²) >= 11 is 1.60. The van der Waals surface area contributed by atoms with Gasteiger partial charge in [0.15, 0.2) is 10.8 Å². The van der Waals surface area contributed by atoms with Crippen LogP contribution < -0.4 is 4.90 Å². The van der Waals surface area contributed by atoms with Gasteiger partial charge in [-0.15, -0.1) is 11.3 Å². The fourth-order valence-electron chi connectivity index (χ4n) is 2.94. The van der Waals surface area contributed by atoms with E-state index in [1.165, 1.54) is 11.3 Å². The topological polar surface area (TPSA) is 40.8 Å². The van der Waals surface area contributed by atoms with Gasteiger partial charge in [-0.05, 0) is 24.5 Å². The van der Waals surface area contributed by atoms with Crippen LogP contribution >= 0.6 is 11.3 Å². The molecule has 0 fully saturated rings. The van der Waals surface area contributed by atoms with Gasteiger partial charge in [0.05, 0.1) is 12.3 Å². The molecule has 5 heteroatoms. The molecule has 102 valence electrons. The summed E-state index contributed by atoms with van der Waals surface area (Å²) in [7, 11) is 0. The number of rotatable bonds is 2. The van der Waals surface area contributed by atoms with E-state index >= 15 is 0 Å². The summed E-state index contributed by atoms with van der Waals surface area (Å²) in [5, 5.41) is 11.7. The molecule has 0 atom stereocenters. The third-order valence-electron chi connectivity index (χ3n) is 3.86. The van der Waals surface area contributed by atoms with Crippen molar-refractivity contribution in [3.63, 3.8) is 0 Å². The molecule has 3 heterocycles. The van der Waals surface area contributed by atoms with Crippen LogP contribution in [0.2, 0.25) is 0 Å². The van der Waals surface area contributed by atoms with Crippen molar-refractivity contribution in [1.82, 2.24) is 9.38 Å². The zero-order valence-corrected chi connectivity index (χ0v) is 11.8. The number of aliphatic hydroxyl groups excluding tert-OH is 1. The molecule has 1 N–H and O–H groups in total. The Hall–Kier alpha value is -1.85. The fraction of sp³-hybridized carbons (Fsp3) is 0.267. The lowest BCUT2D eigenvalue weighted by atomic mass is 10.0. The van der Waals surface area contributed by atoms with E-state index in [4.69, 9.17) is 4.98 Å². The molecule has 0 amide bonds. The Bertz CT molecular complexity index is 761. The van der Waals surface area contributed by atoms with Gasteiger partial charge < -0.3 is 10.0 Å². The quantitative estimate of drug-likeness (QED) is 0.787. The third kappa shape index (κ3) is 1.67. The Balaban J connectivity index is 1.89. The van der Waals surface area contributed by atoms with Gasteiger partial charge in [0, 0.05) is 23.8 Å². The largest absolute Gasteiger partial charge is 0.390 e. The number of thiazole rings is 1. The standard InChI is InChI=1S/C15H15N3OS/c19-10-13-14(16-15-18(13)8-9-20-15)17-7-3-5-11-4-1-2-6-12(11)17/h1-2,4,6,8-9,19H,3,5,7,10H2. The zero-order chi connectivity index (χ0) is 13.5. The average Bonchev–Trinajstić information content (AvgIpc) is 3.06. The Morgan fingerprint density at radius 2 is 2.20 bits per heavy atom. The monoisotopic (exact) mass is 285 g/mol. The Kier molecular flexibility index (Phi) is 2.75. The molecule has 1 aromatic carbocycles. The number of hydrogen-bond acceptors (Lipinski definition) is 4. The molecule has 0 saturated carbocycles. The lowest BCUT2D eigenvalue weighted by Crippen LogP contribution is -2.25.